The quantitative estimate of drug-likeness (QED) is 0.357. The SMILES string of the molecule is CCOc1ccc(-c2noc(-c3ccc(CSCc4ccccc4F)o3)n2)cc1. The van der Waals surface area contributed by atoms with Crippen molar-refractivity contribution in [2.45, 2.75) is 18.4 Å². The second-order valence-corrected chi connectivity index (χ2v) is 7.22. The standard InChI is InChI=1S/C22H19FN2O3S/c1-2-26-17-9-7-15(8-10-17)21-24-22(28-25-21)20-12-11-18(27-20)14-29-13-16-5-3-4-6-19(16)23/h3-12H,2,13-14H2,1H3. The smallest absolute Gasteiger partial charge is 0.293 e. The minimum Gasteiger partial charge on any atom is -0.494 e. The number of aromatic nitrogens is 2. The molecule has 2 aromatic heterocycles. The molecule has 0 atom stereocenters. The summed E-state index contributed by atoms with van der Waals surface area (Å²) in [6, 6.07) is 17.9. The first-order chi connectivity index (χ1) is 14.2. The second kappa shape index (κ2) is 8.96. The Bertz CT molecular complexity index is 1080. The highest BCUT2D eigenvalue weighted by molar-refractivity contribution is 7.97. The maximum Gasteiger partial charge on any atom is 0.293 e. The zero-order valence-corrected chi connectivity index (χ0v) is 16.6. The van der Waals surface area contributed by atoms with E-state index in [9.17, 15) is 4.39 Å². The van der Waals surface area contributed by atoms with E-state index < -0.39 is 0 Å². The van der Waals surface area contributed by atoms with Crippen molar-refractivity contribution in [2.75, 3.05) is 6.61 Å². The van der Waals surface area contributed by atoms with Crippen molar-refractivity contribution >= 4 is 11.8 Å². The zero-order chi connectivity index (χ0) is 20.1. The topological polar surface area (TPSA) is 61.3 Å². The fraction of sp³-hybridized carbons (Fsp3) is 0.182. The van der Waals surface area contributed by atoms with Crippen LogP contribution in [0.4, 0.5) is 4.39 Å². The molecule has 29 heavy (non-hydrogen) atoms. The number of hydrogen-bond acceptors (Lipinski definition) is 6. The van der Waals surface area contributed by atoms with Crippen molar-refractivity contribution in [3.63, 3.8) is 0 Å². The third-order valence-electron chi connectivity index (χ3n) is 4.18. The van der Waals surface area contributed by atoms with Gasteiger partial charge < -0.3 is 13.7 Å². The summed E-state index contributed by atoms with van der Waals surface area (Å²) in [5, 5.41) is 4.03. The molecule has 0 fully saturated rings. The molecule has 0 aliphatic rings. The first kappa shape index (κ1) is 19.3. The van der Waals surface area contributed by atoms with E-state index in [1.54, 1.807) is 30.0 Å². The highest BCUT2D eigenvalue weighted by atomic mass is 32.2. The van der Waals surface area contributed by atoms with E-state index >= 15 is 0 Å². The Morgan fingerprint density at radius 1 is 1.00 bits per heavy atom. The monoisotopic (exact) mass is 410 g/mol. The molecule has 0 amide bonds. The number of rotatable bonds is 8. The van der Waals surface area contributed by atoms with Crippen molar-refractivity contribution in [3.8, 4) is 28.8 Å². The molecule has 2 heterocycles. The summed E-state index contributed by atoms with van der Waals surface area (Å²) in [6.45, 7) is 2.56. The average Bonchev–Trinajstić information content (AvgIpc) is 3.40. The van der Waals surface area contributed by atoms with Crippen molar-refractivity contribution in [2.24, 2.45) is 0 Å². The number of ether oxygens (including phenoxy) is 1. The van der Waals surface area contributed by atoms with Crippen molar-refractivity contribution in [1.82, 2.24) is 10.1 Å². The molecule has 5 nitrogen and oxygen atoms in total. The van der Waals surface area contributed by atoms with Crippen molar-refractivity contribution in [3.05, 3.63) is 77.8 Å². The summed E-state index contributed by atoms with van der Waals surface area (Å²) in [4.78, 5) is 4.41. The van der Waals surface area contributed by atoms with Gasteiger partial charge in [-0.1, -0.05) is 23.4 Å². The van der Waals surface area contributed by atoms with Gasteiger partial charge in [-0.15, -0.1) is 11.8 Å². The van der Waals surface area contributed by atoms with Gasteiger partial charge in [0.2, 0.25) is 5.82 Å². The first-order valence-electron chi connectivity index (χ1n) is 9.20. The van der Waals surface area contributed by atoms with Gasteiger partial charge >= 0.3 is 0 Å². The number of furan rings is 1. The number of benzene rings is 2. The van der Waals surface area contributed by atoms with Gasteiger partial charge in [0, 0.05) is 11.3 Å². The summed E-state index contributed by atoms with van der Waals surface area (Å²) >= 11 is 1.58. The maximum atomic E-state index is 13.7. The Morgan fingerprint density at radius 3 is 2.62 bits per heavy atom. The third-order valence-corrected chi connectivity index (χ3v) is 5.19. The van der Waals surface area contributed by atoms with E-state index in [1.165, 1.54) is 6.07 Å². The molecule has 4 aromatic rings. The van der Waals surface area contributed by atoms with Crippen molar-refractivity contribution in [1.29, 1.82) is 0 Å². The second-order valence-electron chi connectivity index (χ2n) is 6.23. The molecule has 0 bridgehead atoms. The Hall–Kier alpha value is -3.06. The fourth-order valence-corrected chi connectivity index (χ4v) is 3.67. The molecule has 4 rings (SSSR count). The van der Waals surface area contributed by atoms with Gasteiger partial charge in [-0.05, 0) is 55.0 Å². The van der Waals surface area contributed by atoms with Gasteiger partial charge in [0.15, 0.2) is 5.76 Å². The summed E-state index contributed by atoms with van der Waals surface area (Å²) in [5.41, 5.74) is 1.51. The van der Waals surface area contributed by atoms with Gasteiger partial charge in [-0.2, -0.15) is 4.98 Å². The van der Waals surface area contributed by atoms with Crippen LogP contribution in [0.3, 0.4) is 0 Å². The van der Waals surface area contributed by atoms with Gasteiger partial charge in [-0.3, -0.25) is 0 Å². The van der Waals surface area contributed by atoms with E-state index in [1.807, 2.05) is 43.3 Å². The van der Waals surface area contributed by atoms with E-state index in [0.29, 0.717) is 41.2 Å². The van der Waals surface area contributed by atoms with Crippen LogP contribution in [-0.4, -0.2) is 16.7 Å². The Kier molecular flexibility index (Phi) is 5.95. The molecule has 148 valence electrons. The summed E-state index contributed by atoms with van der Waals surface area (Å²) in [6.07, 6.45) is 0. The lowest BCUT2D eigenvalue weighted by Gasteiger charge is -2.02. The molecular formula is C22H19FN2O3S. The van der Waals surface area contributed by atoms with Crippen LogP contribution in [-0.2, 0) is 11.5 Å². The molecular weight excluding hydrogens is 391 g/mol. The first-order valence-corrected chi connectivity index (χ1v) is 10.4. The number of hydrogen-bond donors (Lipinski definition) is 0. The maximum absolute atomic E-state index is 13.7. The minimum atomic E-state index is -0.187. The molecule has 0 radical (unpaired) electrons. The zero-order valence-electron chi connectivity index (χ0n) is 15.8. The third kappa shape index (κ3) is 4.68. The van der Waals surface area contributed by atoms with E-state index in [-0.39, 0.29) is 5.82 Å². The molecule has 7 heteroatoms. The van der Waals surface area contributed by atoms with Crippen LogP contribution >= 0.6 is 11.8 Å². The van der Waals surface area contributed by atoms with Gasteiger partial charge in [-0.25, -0.2) is 4.39 Å². The van der Waals surface area contributed by atoms with Crippen LogP contribution in [0.5, 0.6) is 5.75 Å². The molecule has 2 aromatic carbocycles. The molecule has 0 N–H and O–H groups in total. The molecule has 0 aliphatic carbocycles. The summed E-state index contributed by atoms with van der Waals surface area (Å²) < 4.78 is 30.3. The van der Waals surface area contributed by atoms with Gasteiger partial charge in [0.25, 0.3) is 5.89 Å². The predicted molar refractivity (Wildman–Crippen MR) is 110 cm³/mol. The van der Waals surface area contributed by atoms with Crippen LogP contribution < -0.4 is 4.74 Å². The fourth-order valence-electron chi connectivity index (χ4n) is 2.76. The van der Waals surface area contributed by atoms with E-state index in [0.717, 1.165) is 17.1 Å². The van der Waals surface area contributed by atoms with E-state index in [4.69, 9.17) is 13.7 Å². The van der Waals surface area contributed by atoms with Crippen molar-refractivity contribution < 1.29 is 18.1 Å². The minimum absolute atomic E-state index is 0.187. The van der Waals surface area contributed by atoms with Crippen LogP contribution in [0.2, 0.25) is 0 Å². The Labute approximate surface area is 171 Å². The lowest BCUT2D eigenvalue weighted by Crippen LogP contribution is -1.90. The van der Waals surface area contributed by atoms with Gasteiger partial charge in [0.1, 0.15) is 17.3 Å². The molecule has 0 saturated heterocycles. The Balaban J connectivity index is 1.39. The normalized spacial score (nSPS) is 11.0. The number of nitrogens with zero attached hydrogens (tertiary/aromatic N) is 2. The molecule has 0 spiro atoms. The molecule has 0 aliphatic heterocycles. The number of halogens is 1. The Morgan fingerprint density at radius 2 is 1.83 bits per heavy atom. The molecule has 0 saturated carbocycles. The highest BCUT2D eigenvalue weighted by Gasteiger charge is 2.14. The largest absolute Gasteiger partial charge is 0.494 e. The number of thioether (sulfide) groups is 1. The lowest BCUT2D eigenvalue weighted by atomic mass is 10.2. The summed E-state index contributed by atoms with van der Waals surface area (Å²) in [7, 11) is 0. The van der Waals surface area contributed by atoms with E-state index in [2.05, 4.69) is 10.1 Å². The lowest BCUT2D eigenvalue weighted by molar-refractivity contribution is 0.340. The molecule has 0 unspecified atom stereocenters. The predicted octanol–water partition coefficient (Wildman–Crippen LogP) is 5.97. The highest BCUT2D eigenvalue weighted by Crippen LogP contribution is 2.27. The van der Waals surface area contributed by atoms with Gasteiger partial charge in [0.05, 0.1) is 12.4 Å². The van der Waals surface area contributed by atoms with Crippen LogP contribution in [0.25, 0.3) is 23.0 Å². The van der Waals surface area contributed by atoms with Crippen LogP contribution in [0.1, 0.15) is 18.2 Å². The van der Waals surface area contributed by atoms with Crippen LogP contribution in [0.15, 0.2) is 69.6 Å². The van der Waals surface area contributed by atoms with Crippen LogP contribution in [0, 0.1) is 5.82 Å². The summed E-state index contributed by atoms with van der Waals surface area (Å²) in [5.74, 6) is 3.88. The average molecular weight is 410 g/mol.